The monoisotopic (exact) mass is 420 g/mol. The quantitative estimate of drug-likeness (QED) is 0.778. The largest absolute Gasteiger partial charge is 0.506 e. The van der Waals surface area contributed by atoms with Crippen molar-refractivity contribution in [1.29, 1.82) is 0 Å². The molecule has 0 aliphatic carbocycles. The molecule has 2 fully saturated rings. The second-order valence-electron chi connectivity index (χ2n) is 8.25. The topological polar surface area (TPSA) is 50.3 Å². The number of nitrogens with zero attached hydrogens (tertiary/aromatic N) is 4. The molecule has 2 aromatic rings. The van der Waals surface area contributed by atoms with Crippen LogP contribution in [0, 0.1) is 0 Å². The van der Waals surface area contributed by atoms with Gasteiger partial charge in [-0.15, -0.1) is 0 Å². The van der Waals surface area contributed by atoms with Gasteiger partial charge in [-0.1, -0.05) is 54.6 Å². The average Bonchev–Trinajstić information content (AvgIpc) is 2.81. The van der Waals surface area contributed by atoms with Crippen LogP contribution in [-0.4, -0.2) is 91.2 Å². The van der Waals surface area contributed by atoms with Crippen LogP contribution in [0.4, 0.5) is 5.69 Å². The zero-order valence-corrected chi connectivity index (χ0v) is 18.1. The van der Waals surface area contributed by atoms with E-state index in [1.165, 1.54) is 5.56 Å². The minimum absolute atomic E-state index is 0.232. The number of hydrogen-bond donors (Lipinski definition) is 1. The summed E-state index contributed by atoms with van der Waals surface area (Å²) >= 11 is 0. The molecule has 0 aromatic heterocycles. The Morgan fingerprint density at radius 1 is 0.806 bits per heavy atom. The first kappa shape index (κ1) is 21.4. The summed E-state index contributed by atoms with van der Waals surface area (Å²) in [4.78, 5) is 21.6. The van der Waals surface area contributed by atoms with Gasteiger partial charge >= 0.3 is 0 Å². The molecule has 1 amide bonds. The smallest absolute Gasteiger partial charge is 0.236 e. The fourth-order valence-corrected chi connectivity index (χ4v) is 4.25. The Bertz CT molecular complexity index is 870. The molecule has 0 radical (unpaired) electrons. The highest BCUT2D eigenvalue weighted by Gasteiger charge is 2.25. The van der Waals surface area contributed by atoms with E-state index in [-0.39, 0.29) is 5.91 Å². The summed E-state index contributed by atoms with van der Waals surface area (Å²) in [5.41, 5.74) is 2.10. The number of anilines is 1. The van der Waals surface area contributed by atoms with Gasteiger partial charge in [0.05, 0.1) is 12.2 Å². The molecule has 0 atom stereocenters. The van der Waals surface area contributed by atoms with Gasteiger partial charge in [0.1, 0.15) is 5.75 Å². The third-order valence-electron chi connectivity index (χ3n) is 6.15. The first-order valence-corrected chi connectivity index (χ1v) is 11.2. The highest BCUT2D eigenvalue weighted by Crippen LogP contribution is 2.27. The van der Waals surface area contributed by atoms with Gasteiger partial charge in [-0.25, -0.2) is 0 Å². The normalized spacial score (nSPS) is 18.6. The van der Waals surface area contributed by atoms with Crippen molar-refractivity contribution in [3.63, 3.8) is 0 Å². The number of phenolic OH excluding ortho intramolecular Hbond substituents is 1. The van der Waals surface area contributed by atoms with Crippen LogP contribution in [0.2, 0.25) is 0 Å². The maximum absolute atomic E-state index is 12.8. The lowest BCUT2D eigenvalue weighted by Gasteiger charge is -2.38. The molecule has 2 saturated heterocycles. The predicted octanol–water partition coefficient (Wildman–Crippen LogP) is 2.37. The second-order valence-corrected chi connectivity index (χ2v) is 8.25. The van der Waals surface area contributed by atoms with E-state index in [2.05, 4.69) is 51.1 Å². The van der Waals surface area contributed by atoms with Crippen LogP contribution in [0.15, 0.2) is 60.7 Å². The van der Waals surface area contributed by atoms with Gasteiger partial charge in [-0.05, 0) is 17.7 Å². The van der Waals surface area contributed by atoms with E-state index >= 15 is 0 Å². The van der Waals surface area contributed by atoms with Gasteiger partial charge in [0, 0.05) is 58.9 Å². The lowest BCUT2D eigenvalue weighted by atomic mass is 10.2. The number of para-hydroxylation sites is 2. The van der Waals surface area contributed by atoms with Crippen LogP contribution in [0.25, 0.3) is 6.08 Å². The fourth-order valence-electron chi connectivity index (χ4n) is 4.25. The number of rotatable bonds is 6. The molecule has 1 N–H and O–H groups in total. The molecule has 2 aliphatic rings. The van der Waals surface area contributed by atoms with Crippen LogP contribution >= 0.6 is 0 Å². The number of amides is 1. The summed E-state index contributed by atoms with van der Waals surface area (Å²) in [7, 11) is 0. The average molecular weight is 421 g/mol. The van der Waals surface area contributed by atoms with Gasteiger partial charge in [0.2, 0.25) is 5.91 Å². The Morgan fingerprint density at radius 3 is 2.16 bits per heavy atom. The van der Waals surface area contributed by atoms with Crippen LogP contribution < -0.4 is 4.90 Å². The standard InChI is InChI=1S/C25H32N4O2/c30-24-11-5-4-10-23(24)28-17-15-27(16-18-28)21-25(31)29-19-13-26(14-20-29)12-6-9-22-7-2-1-3-8-22/h1-11,30H,12-21H2/b9-6+. The number of phenols is 1. The molecule has 2 aromatic carbocycles. The number of aromatic hydroxyl groups is 1. The maximum Gasteiger partial charge on any atom is 0.236 e. The number of piperazine rings is 2. The minimum Gasteiger partial charge on any atom is -0.506 e. The lowest BCUT2D eigenvalue weighted by Crippen LogP contribution is -2.53. The molecule has 6 nitrogen and oxygen atoms in total. The van der Waals surface area contributed by atoms with E-state index in [0.717, 1.165) is 64.6 Å². The number of carbonyl (C=O) groups excluding carboxylic acids is 1. The van der Waals surface area contributed by atoms with Crippen molar-refractivity contribution in [2.24, 2.45) is 0 Å². The van der Waals surface area contributed by atoms with E-state index in [1.54, 1.807) is 6.07 Å². The van der Waals surface area contributed by atoms with E-state index in [4.69, 9.17) is 0 Å². The molecule has 0 bridgehead atoms. The molecular weight excluding hydrogens is 388 g/mol. The summed E-state index contributed by atoms with van der Waals surface area (Å²) in [6.07, 6.45) is 4.36. The summed E-state index contributed by atoms with van der Waals surface area (Å²) in [5.74, 6) is 0.555. The van der Waals surface area contributed by atoms with E-state index in [0.29, 0.717) is 12.3 Å². The fraction of sp³-hybridized carbons (Fsp3) is 0.400. The van der Waals surface area contributed by atoms with E-state index in [9.17, 15) is 9.90 Å². The molecule has 2 heterocycles. The Balaban J connectivity index is 1.17. The Morgan fingerprint density at radius 2 is 1.45 bits per heavy atom. The Hall–Kier alpha value is -2.83. The van der Waals surface area contributed by atoms with Crippen LogP contribution in [0.5, 0.6) is 5.75 Å². The van der Waals surface area contributed by atoms with Crippen molar-refractivity contribution in [3.8, 4) is 5.75 Å². The first-order chi connectivity index (χ1) is 15.2. The Labute approximate surface area is 185 Å². The van der Waals surface area contributed by atoms with Crippen molar-refractivity contribution >= 4 is 17.7 Å². The van der Waals surface area contributed by atoms with Crippen molar-refractivity contribution in [2.45, 2.75) is 0 Å². The van der Waals surface area contributed by atoms with Crippen LogP contribution in [0.1, 0.15) is 5.56 Å². The predicted molar refractivity (Wildman–Crippen MR) is 125 cm³/mol. The molecule has 0 spiro atoms. The van der Waals surface area contributed by atoms with Crippen molar-refractivity contribution in [3.05, 3.63) is 66.2 Å². The van der Waals surface area contributed by atoms with Crippen molar-refractivity contribution in [1.82, 2.24) is 14.7 Å². The molecule has 0 unspecified atom stereocenters. The number of hydrogen-bond acceptors (Lipinski definition) is 5. The third-order valence-corrected chi connectivity index (χ3v) is 6.15. The van der Waals surface area contributed by atoms with Gasteiger partial charge in [-0.2, -0.15) is 0 Å². The van der Waals surface area contributed by atoms with E-state index < -0.39 is 0 Å². The third kappa shape index (κ3) is 5.87. The van der Waals surface area contributed by atoms with E-state index in [1.807, 2.05) is 29.2 Å². The molecule has 31 heavy (non-hydrogen) atoms. The second kappa shape index (κ2) is 10.5. The molecule has 6 heteroatoms. The van der Waals surface area contributed by atoms with Crippen molar-refractivity contribution in [2.75, 3.05) is 70.3 Å². The summed E-state index contributed by atoms with van der Waals surface area (Å²) in [6, 6.07) is 17.8. The zero-order valence-electron chi connectivity index (χ0n) is 18.1. The molecule has 2 aliphatic heterocycles. The lowest BCUT2D eigenvalue weighted by molar-refractivity contribution is -0.134. The molecule has 0 saturated carbocycles. The molecule has 164 valence electrons. The Kier molecular flexibility index (Phi) is 7.22. The summed E-state index contributed by atoms with van der Waals surface area (Å²) in [5, 5.41) is 10.1. The van der Waals surface area contributed by atoms with Gasteiger partial charge in [0.15, 0.2) is 0 Å². The number of carbonyl (C=O) groups is 1. The van der Waals surface area contributed by atoms with Gasteiger partial charge < -0.3 is 14.9 Å². The molecule has 4 rings (SSSR count). The molecular formula is C25H32N4O2. The highest BCUT2D eigenvalue weighted by molar-refractivity contribution is 5.78. The van der Waals surface area contributed by atoms with Crippen LogP contribution in [-0.2, 0) is 4.79 Å². The van der Waals surface area contributed by atoms with Crippen molar-refractivity contribution < 1.29 is 9.90 Å². The van der Waals surface area contributed by atoms with Gasteiger partial charge in [0.25, 0.3) is 0 Å². The van der Waals surface area contributed by atoms with Gasteiger partial charge in [-0.3, -0.25) is 14.6 Å². The summed E-state index contributed by atoms with van der Waals surface area (Å²) in [6.45, 7) is 8.19. The SMILES string of the molecule is O=C(CN1CCN(c2ccccc2O)CC1)N1CCN(C/C=C/c2ccccc2)CC1. The number of benzene rings is 2. The first-order valence-electron chi connectivity index (χ1n) is 11.2. The highest BCUT2D eigenvalue weighted by atomic mass is 16.3. The zero-order chi connectivity index (χ0) is 21.5. The maximum atomic E-state index is 12.8. The summed E-state index contributed by atoms with van der Waals surface area (Å²) < 4.78 is 0. The minimum atomic E-state index is 0.232. The van der Waals surface area contributed by atoms with Crippen LogP contribution in [0.3, 0.4) is 0 Å².